The molecule has 3 heteroatoms. The van der Waals surface area contributed by atoms with E-state index in [9.17, 15) is 9.18 Å². The highest BCUT2D eigenvalue weighted by molar-refractivity contribution is 5.70. The van der Waals surface area contributed by atoms with Gasteiger partial charge in [0.15, 0.2) is 0 Å². The highest BCUT2D eigenvalue weighted by atomic mass is 19.1. The van der Waals surface area contributed by atoms with Gasteiger partial charge in [0.2, 0.25) is 0 Å². The molecule has 13 heavy (non-hydrogen) atoms. The molecule has 0 saturated carbocycles. The zero-order valence-corrected chi connectivity index (χ0v) is 7.38. The van der Waals surface area contributed by atoms with Crippen molar-refractivity contribution in [2.75, 3.05) is 0 Å². The molecule has 0 heterocycles. The van der Waals surface area contributed by atoms with Gasteiger partial charge in [0, 0.05) is 0 Å². The third kappa shape index (κ3) is 2.54. The summed E-state index contributed by atoms with van der Waals surface area (Å²) in [5, 5.41) is 8.51. The Labute approximate surface area is 76.0 Å². The second-order valence-electron chi connectivity index (χ2n) is 2.96. The number of aryl methyl sites for hydroxylation is 1. The maximum Gasteiger partial charge on any atom is 0.307 e. The molecule has 1 N–H and O–H groups in total. The maximum atomic E-state index is 12.3. The Morgan fingerprint density at radius 2 is 2.23 bits per heavy atom. The van der Waals surface area contributed by atoms with Crippen molar-refractivity contribution < 1.29 is 14.3 Å². The predicted molar refractivity (Wildman–Crippen MR) is 47.3 cm³/mol. The molecule has 0 unspecified atom stereocenters. The second kappa shape index (κ2) is 4.03. The van der Waals surface area contributed by atoms with Crippen LogP contribution in [0, 0.1) is 6.92 Å². The number of hydrogen-bond acceptors (Lipinski definition) is 1. The molecule has 0 saturated heterocycles. The topological polar surface area (TPSA) is 37.3 Å². The number of aliphatic carboxylic acids is 1. The molecule has 2 nitrogen and oxygen atoms in total. The number of carboxylic acids is 1. The van der Waals surface area contributed by atoms with Crippen molar-refractivity contribution in [3.05, 3.63) is 34.9 Å². The summed E-state index contributed by atoms with van der Waals surface area (Å²) in [6, 6.07) is 4.99. The van der Waals surface area contributed by atoms with Gasteiger partial charge in [0.1, 0.15) is 6.67 Å². The highest BCUT2D eigenvalue weighted by Gasteiger charge is 2.03. The van der Waals surface area contributed by atoms with Gasteiger partial charge in [-0.3, -0.25) is 4.79 Å². The number of carboxylic acid groups (broad SMARTS) is 1. The molecule has 1 aromatic carbocycles. The average molecular weight is 182 g/mol. The van der Waals surface area contributed by atoms with Crippen molar-refractivity contribution in [1.82, 2.24) is 0 Å². The van der Waals surface area contributed by atoms with E-state index in [4.69, 9.17) is 5.11 Å². The first kappa shape index (κ1) is 9.71. The Balaban J connectivity index is 2.89. The first-order valence-corrected chi connectivity index (χ1v) is 3.99. The van der Waals surface area contributed by atoms with Gasteiger partial charge in [0.05, 0.1) is 6.42 Å². The molecule has 0 spiro atoms. The maximum absolute atomic E-state index is 12.3. The fourth-order valence-electron chi connectivity index (χ4n) is 1.19. The molecule has 0 radical (unpaired) electrons. The van der Waals surface area contributed by atoms with E-state index in [-0.39, 0.29) is 6.42 Å². The SMILES string of the molecule is Cc1cc(CC(=O)O)ccc1CF. The van der Waals surface area contributed by atoms with Gasteiger partial charge in [0.25, 0.3) is 0 Å². The van der Waals surface area contributed by atoms with Crippen LogP contribution in [-0.2, 0) is 17.9 Å². The van der Waals surface area contributed by atoms with Crippen LogP contribution in [-0.4, -0.2) is 11.1 Å². The smallest absolute Gasteiger partial charge is 0.307 e. The van der Waals surface area contributed by atoms with Crippen molar-refractivity contribution in [3.8, 4) is 0 Å². The van der Waals surface area contributed by atoms with Gasteiger partial charge < -0.3 is 5.11 Å². The predicted octanol–water partition coefficient (Wildman–Crippen LogP) is 2.09. The van der Waals surface area contributed by atoms with E-state index in [0.717, 1.165) is 5.56 Å². The van der Waals surface area contributed by atoms with Crippen LogP contribution < -0.4 is 0 Å². The fourth-order valence-corrected chi connectivity index (χ4v) is 1.19. The second-order valence-corrected chi connectivity index (χ2v) is 2.96. The number of benzene rings is 1. The standard InChI is InChI=1S/C10H11FO2/c1-7-4-8(5-10(12)13)2-3-9(7)6-11/h2-4H,5-6H2,1H3,(H,12,13). The number of halogens is 1. The summed E-state index contributed by atoms with van der Waals surface area (Å²) >= 11 is 0. The lowest BCUT2D eigenvalue weighted by Crippen LogP contribution is -2.00. The molecule has 1 aromatic rings. The number of alkyl halides is 1. The average Bonchev–Trinajstić information content (AvgIpc) is 2.03. The normalized spacial score (nSPS) is 10.0. The molecule has 1 rings (SSSR count). The number of carbonyl (C=O) groups is 1. The van der Waals surface area contributed by atoms with E-state index < -0.39 is 12.6 Å². The lowest BCUT2D eigenvalue weighted by molar-refractivity contribution is -0.136. The van der Waals surface area contributed by atoms with Crippen LogP contribution in [0.1, 0.15) is 16.7 Å². The minimum atomic E-state index is -0.868. The first-order chi connectivity index (χ1) is 6.13. The van der Waals surface area contributed by atoms with Crippen LogP contribution >= 0.6 is 0 Å². The Morgan fingerprint density at radius 3 is 2.69 bits per heavy atom. The van der Waals surface area contributed by atoms with Gasteiger partial charge in [-0.1, -0.05) is 18.2 Å². The molecule has 0 fully saturated rings. The van der Waals surface area contributed by atoms with Crippen LogP contribution in [0.15, 0.2) is 18.2 Å². The molecule has 0 bridgehead atoms. The molecule has 0 aliphatic heterocycles. The van der Waals surface area contributed by atoms with Gasteiger partial charge in [-0.2, -0.15) is 0 Å². The number of rotatable bonds is 3. The first-order valence-electron chi connectivity index (χ1n) is 3.99. The minimum absolute atomic E-state index is 0.00654. The van der Waals surface area contributed by atoms with Crippen LogP contribution in [0.2, 0.25) is 0 Å². The summed E-state index contributed by atoms with van der Waals surface area (Å²) in [4.78, 5) is 10.4. The van der Waals surface area contributed by atoms with Crippen molar-refractivity contribution >= 4 is 5.97 Å². The Bertz CT molecular complexity index is 321. The Hall–Kier alpha value is -1.38. The van der Waals surface area contributed by atoms with E-state index in [0.29, 0.717) is 11.1 Å². The lowest BCUT2D eigenvalue weighted by atomic mass is 10.0. The van der Waals surface area contributed by atoms with E-state index >= 15 is 0 Å². The zero-order chi connectivity index (χ0) is 9.84. The molecule has 0 aromatic heterocycles. The fraction of sp³-hybridized carbons (Fsp3) is 0.300. The summed E-state index contributed by atoms with van der Waals surface area (Å²) in [6.45, 7) is 1.28. The molecule has 0 amide bonds. The Morgan fingerprint density at radius 1 is 1.54 bits per heavy atom. The van der Waals surface area contributed by atoms with Crippen molar-refractivity contribution in [2.24, 2.45) is 0 Å². The van der Waals surface area contributed by atoms with Gasteiger partial charge in [-0.15, -0.1) is 0 Å². The van der Waals surface area contributed by atoms with Crippen molar-refractivity contribution in [3.63, 3.8) is 0 Å². The third-order valence-corrected chi connectivity index (χ3v) is 1.91. The molecular formula is C10H11FO2. The van der Waals surface area contributed by atoms with Crippen LogP contribution in [0.5, 0.6) is 0 Å². The lowest BCUT2D eigenvalue weighted by Gasteiger charge is -2.03. The summed E-state index contributed by atoms with van der Waals surface area (Å²) < 4.78 is 12.3. The van der Waals surface area contributed by atoms with E-state index in [2.05, 4.69) is 0 Å². The molecule has 70 valence electrons. The van der Waals surface area contributed by atoms with E-state index in [1.54, 1.807) is 25.1 Å². The quantitative estimate of drug-likeness (QED) is 0.777. The Kier molecular flexibility index (Phi) is 3.01. The zero-order valence-electron chi connectivity index (χ0n) is 7.38. The third-order valence-electron chi connectivity index (χ3n) is 1.91. The largest absolute Gasteiger partial charge is 0.481 e. The molecule has 0 aliphatic carbocycles. The monoisotopic (exact) mass is 182 g/mol. The minimum Gasteiger partial charge on any atom is -0.481 e. The van der Waals surface area contributed by atoms with Crippen molar-refractivity contribution in [2.45, 2.75) is 20.0 Å². The highest BCUT2D eigenvalue weighted by Crippen LogP contribution is 2.12. The van der Waals surface area contributed by atoms with Gasteiger partial charge in [-0.05, 0) is 23.6 Å². The van der Waals surface area contributed by atoms with E-state index in [1.807, 2.05) is 0 Å². The summed E-state index contributed by atoms with van der Waals surface area (Å²) in [5.74, 6) is -0.868. The summed E-state index contributed by atoms with van der Waals surface area (Å²) in [5.41, 5.74) is 2.14. The molecule has 0 aliphatic rings. The van der Waals surface area contributed by atoms with Gasteiger partial charge in [-0.25, -0.2) is 4.39 Å². The molecule has 0 atom stereocenters. The van der Waals surface area contributed by atoms with Crippen LogP contribution in [0.4, 0.5) is 4.39 Å². The van der Waals surface area contributed by atoms with Gasteiger partial charge >= 0.3 is 5.97 Å². The summed E-state index contributed by atoms with van der Waals surface area (Å²) in [7, 11) is 0. The molecular weight excluding hydrogens is 171 g/mol. The van der Waals surface area contributed by atoms with Crippen LogP contribution in [0.3, 0.4) is 0 Å². The van der Waals surface area contributed by atoms with Crippen molar-refractivity contribution in [1.29, 1.82) is 0 Å². The van der Waals surface area contributed by atoms with E-state index in [1.165, 1.54) is 0 Å². The number of hydrogen-bond donors (Lipinski definition) is 1. The summed E-state index contributed by atoms with van der Waals surface area (Å²) in [6.07, 6.45) is -0.00654. The van der Waals surface area contributed by atoms with Crippen LogP contribution in [0.25, 0.3) is 0 Å².